The Balaban J connectivity index is 4.68. The quantitative estimate of drug-likeness (QED) is 0.290. The molecule has 0 aromatic heterocycles. The standard InChI is InChI=1S/C13H24N4O5/c1-8(18)16-10(4-2-3-7-14)13(22)17-9(12(15)21)5-6-11(19)20/h9-10H,2-7,14H2,1H3,(H2,15,21)(H,16,18)(H,17,22)(H,19,20)/t9-,10-/m0/s1. The third-order valence-corrected chi connectivity index (χ3v) is 2.95. The molecular weight excluding hydrogens is 292 g/mol. The van der Waals surface area contributed by atoms with Gasteiger partial charge < -0.3 is 27.2 Å². The number of primary amides is 1. The molecule has 0 saturated carbocycles. The van der Waals surface area contributed by atoms with Crippen LogP contribution in [0, 0.1) is 0 Å². The van der Waals surface area contributed by atoms with Crippen molar-refractivity contribution < 1.29 is 24.3 Å². The number of unbranched alkanes of at least 4 members (excludes halogenated alkanes) is 1. The number of hydrogen-bond acceptors (Lipinski definition) is 5. The lowest BCUT2D eigenvalue weighted by atomic mass is 10.1. The molecule has 0 aliphatic carbocycles. The lowest BCUT2D eigenvalue weighted by molar-refractivity contribution is -0.137. The minimum atomic E-state index is -1.10. The van der Waals surface area contributed by atoms with Crippen LogP contribution in [-0.2, 0) is 19.2 Å². The Morgan fingerprint density at radius 2 is 1.68 bits per heavy atom. The Bertz CT molecular complexity index is 413. The van der Waals surface area contributed by atoms with Gasteiger partial charge in [0, 0.05) is 13.3 Å². The molecular formula is C13H24N4O5. The summed E-state index contributed by atoms with van der Waals surface area (Å²) in [7, 11) is 0. The summed E-state index contributed by atoms with van der Waals surface area (Å²) in [6.07, 6.45) is 1.29. The molecule has 0 unspecified atom stereocenters. The van der Waals surface area contributed by atoms with Crippen molar-refractivity contribution in [1.82, 2.24) is 10.6 Å². The SMILES string of the molecule is CC(=O)N[C@@H](CCCCN)C(=O)N[C@@H](CCC(=O)O)C(N)=O. The number of rotatable bonds is 11. The van der Waals surface area contributed by atoms with E-state index in [1.54, 1.807) is 0 Å². The first-order chi connectivity index (χ1) is 10.3. The molecule has 0 radical (unpaired) electrons. The van der Waals surface area contributed by atoms with E-state index in [0.717, 1.165) is 0 Å². The van der Waals surface area contributed by atoms with Gasteiger partial charge in [0.1, 0.15) is 12.1 Å². The molecule has 0 fully saturated rings. The summed E-state index contributed by atoms with van der Waals surface area (Å²) in [5, 5.41) is 13.5. The van der Waals surface area contributed by atoms with Gasteiger partial charge >= 0.3 is 5.97 Å². The van der Waals surface area contributed by atoms with Gasteiger partial charge in [0.15, 0.2) is 0 Å². The molecule has 22 heavy (non-hydrogen) atoms. The lowest BCUT2D eigenvalue weighted by Gasteiger charge is -2.21. The molecule has 0 saturated heterocycles. The average Bonchev–Trinajstić information content (AvgIpc) is 2.41. The summed E-state index contributed by atoms with van der Waals surface area (Å²) in [5.41, 5.74) is 10.5. The summed E-state index contributed by atoms with van der Waals surface area (Å²) in [5.74, 6) is -2.87. The minimum absolute atomic E-state index is 0.105. The summed E-state index contributed by atoms with van der Waals surface area (Å²) in [6, 6.07) is -1.90. The first kappa shape index (κ1) is 19.8. The maximum atomic E-state index is 12.1. The molecule has 0 rings (SSSR count). The van der Waals surface area contributed by atoms with E-state index in [0.29, 0.717) is 25.8 Å². The zero-order valence-corrected chi connectivity index (χ0v) is 12.6. The monoisotopic (exact) mass is 316 g/mol. The van der Waals surface area contributed by atoms with Crippen LogP contribution in [0.2, 0.25) is 0 Å². The largest absolute Gasteiger partial charge is 0.481 e. The highest BCUT2D eigenvalue weighted by Gasteiger charge is 2.25. The minimum Gasteiger partial charge on any atom is -0.481 e. The van der Waals surface area contributed by atoms with Gasteiger partial charge in [0.05, 0.1) is 0 Å². The molecule has 3 amide bonds. The molecule has 0 aromatic carbocycles. The Labute approximate surface area is 128 Å². The number of nitrogens with one attached hydrogen (secondary N) is 2. The maximum absolute atomic E-state index is 12.1. The van der Waals surface area contributed by atoms with Gasteiger partial charge in [-0.2, -0.15) is 0 Å². The summed E-state index contributed by atoms with van der Waals surface area (Å²) >= 11 is 0. The molecule has 2 atom stereocenters. The number of nitrogens with two attached hydrogens (primary N) is 2. The van der Waals surface area contributed by atoms with Gasteiger partial charge in [-0.3, -0.25) is 19.2 Å². The van der Waals surface area contributed by atoms with Crippen LogP contribution in [0.15, 0.2) is 0 Å². The molecule has 9 heteroatoms. The van der Waals surface area contributed by atoms with Crippen LogP contribution in [0.3, 0.4) is 0 Å². The number of carboxylic acid groups (broad SMARTS) is 1. The van der Waals surface area contributed by atoms with Gasteiger partial charge in [-0.15, -0.1) is 0 Å². The van der Waals surface area contributed by atoms with Crippen LogP contribution >= 0.6 is 0 Å². The highest BCUT2D eigenvalue weighted by molar-refractivity contribution is 5.91. The van der Waals surface area contributed by atoms with Crippen molar-refractivity contribution in [2.24, 2.45) is 11.5 Å². The number of aliphatic carboxylic acids is 1. The topological polar surface area (TPSA) is 165 Å². The number of hydrogen-bond donors (Lipinski definition) is 5. The average molecular weight is 316 g/mol. The molecule has 126 valence electrons. The van der Waals surface area contributed by atoms with Gasteiger partial charge in [-0.05, 0) is 32.2 Å². The maximum Gasteiger partial charge on any atom is 0.303 e. The first-order valence-corrected chi connectivity index (χ1v) is 7.06. The Morgan fingerprint density at radius 1 is 1.05 bits per heavy atom. The first-order valence-electron chi connectivity index (χ1n) is 7.06. The number of carbonyl (C=O) groups is 4. The van der Waals surface area contributed by atoms with Crippen molar-refractivity contribution in [3.05, 3.63) is 0 Å². The Kier molecular flexibility index (Phi) is 9.51. The molecule has 0 aliphatic heterocycles. The molecule has 0 heterocycles. The van der Waals surface area contributed by atoms with Crippen molar-refractivity contribution >= 4 is 23.7 Å². The van der Waals surface area contributed by atoms with E-state index in [4.69, 9.17) is 16.6 Å². The smallest absolute Gasteiger partial charge is 0.303 e. The lowest BCUT2D eigenvalue weighted by Crippen LogP contribution is -2.52. The van der Waals surface area contributed by atoms with Crippen molar-refractivity contribution in [2.45, 2.75) is 51.1 Å². The second-order valence-corrected chi connectivity index (χ2v) is 4.93. The van der Waals surface area contributed by atoms with Crippen LogP contribution in [0.5, 0.6) is 0 Å². The number of carboxylic acids is 1. The molecule has 7 N–H and O–H groups in total. The highest BCUT2D eigenvalue weighted by atomic mass is 16.4. The Hall–Kier alpha value is -2.16. The van der Waals surface area contributed by atoms with E-state index in [2.05, 4.69) is 10.6 Å². The fraction of sp³-hybridized carbons (Fsp3) is 0.692. The fourth-order valence-electron chi connectivity index (χ4n) is 1.83. The summed E-state index contributed by atoms with van der Waals surface area (Å²) in [6.45, 7) is 1.75. The van der Waals surface area contributed by atoms with Crippen LogP contribution < -0.4 is 22.1 Å². The third-order valence-electron chi connectivity index (χ3n) is 2.95. The zero-order chi connectivity index (χ0) is 17.1. The normalized spacial score (nSPS) is 13.0. The van der Waals surface area contributed by atoms with E-state index in [-0.39, 0.29) is 18.7 Å². The third kappa shape index (κ3) is 8.90. The molecule has 0 bridgehead atoms. The van der Waals surface area contributed by atoms with E-state index in [1.165, 1.54) is 6.92 Å². The van der Waals surface area contributed by atoms with Crippen LogP contribution in [0.4, 0.5) is 0 Å². The predicted molar refractivity (Wildman–Crippen MR) is 78.5 cm³/mol. The van der Waals surface area contributed by atoms with Crippen LogP contribution in [0.1, 0.15) is 39.0 Å². The van der Waals surface area contributed by atoms with Gasteiger partial charge in [0.25, 0.3) is 0 Å². The molecule has 0 spiro atoms. The van der Waals surface area contributed by atoms with Crippen molar-refractivity contribution in [3.8, 4) is 0 Å². The highest BCUT2D eigenvalue weighted by Crippen LogP contribution is 2.03. The summed E-state index contributed by atoms with van der Waals surface area (Å²) in [4.78, 5) is 45.1. The van der Waals surface area contributed by atoms with Crippen molar-refractivity contribution in [1.29, 1.82) is 0 Å². The van der Waals surface area contributed by atoms with E-state index in [1.807, 2.05) is 0 Å². The molecule has 9 nitrogen and oxygen atoms in total. The van der Waals surface area contributed by atoms with Gasteiger partial charge in [0.2, 0.25) is 17.7 Å². The number of carbonyl (C=O) groups excluding carboxylic acids is 3. The van der Waals surface area contributed by atoms with E-state index in [9.17, 15) is 19.2 Å². The number of amides is 3. The zero-order valence-electron chi connectivity index (χ0n) is 12.6. The van der Waals surface area contributed by atoms with E-state index >= 15 is 0 Å². The second kappa shape index (κ2) is 10.6. The second-order valence-electron chi connectivity index (χ2n) is 4.93. The van der Waals surface area contributed by atoms with E-state index < -0.39 is 29.9 Å². The van der Waals surface area contributed by atoms with Gasteiger partial charge in [-0.1, -0.05) is 0 Å². The van der Waals surface area contributed by atoms with Crippen LogP contribution in [-0.4, -0.2) is 47.4 Å². The van der Waals surface area contributed by atoms with Crippen LogP contribution in [0.25, 0.3) is 0 Å². The van der Waals surface area contributed by atoms with Gasteiger partial charge in [-0.25, -0.2) is 0 Å². The predicted octanol–water partition coefficient (Wildman–Crippen LogP) is -1.54. The molecule has 0 aromatic rings. The fourth-order valence-corrected chi connectivity index (χ4v) is 1.83. The summed E-state index contributed by atoms with van der Waals surface area (Å²) < 4.78 is 0. The van der Waals surface area contributed by atoms with Crippen molar-refractivity contribution in [2.75, 3.05) is 6.54 Å². The Morgan fingerprint density at radius 3 is 2.14 bits per heavy atom. The molecule has 0 aliphatic rings. The van der Waals surface area contributed by atoms with Crippen molar-refractivity contribution in [3.63, 3.8) is 0 Å².